The van der Waals surface area contributed by atoms with E-state index in [-0.39, 0.29) is 24.1 Å². The van der Waals surface area contributed by atoms with Crippen molar-refractivity contribution >= 4 is 17.2 Å². The second-order valence-electron chi connectivity index (χ2n) is 9.01. The second kappa shape index (κ2) is 9.36. The van der Waals surface area contributed by atoms with E-state index in [2.05, 4.69) is 15.3 Å². The van der Waals surface area contributed by atoms with Crippen molar-refractivity contribution in [3.63, 3.8) is 0 Å². The van der Waals surface area contributed by atoms with E-state index in [0.29, 0.717) is 55.9 Å². The zero-order chi connectivity index (χ0) is 23.8. The lowest BCUT2D eigenvalue weighted by Gasteiger charge is -2.43. The Balaban J connectivity index is 1.42. The van der Waals surface area contributed by atoms with Crippen LogP contribution in [0.2, 0.25) is 0 Å². The van der Waals surface area contributed by atoms with Crippen molar-refractivity contribution in [1.82, 2.24) is 20.0 Å². The molecule has 0 aromatic carbocycles. The largest absolute Gasteiger partial charge is 0.425 e. The first kappa shape index (κ1) is 24.2. The fourth-order valence-electron chi connectivity index (χ4n) is 4.73. The zero-order valence-corrected chi connectivity index (χ0v) is 19.6. The average molecular weight is 487 g/mol. The molecule has 0 aliphatic carbocycles. The molecular formula is C22H29F3N4O3S. The van der Waals surface area contributed by atoms with Gasteiger partial charge in [-0.1, -0.05) is 0 Å². The van der Waals surface area contributed by atoms with Gasteiger partial charge in [0.25, 0.3) is 0 Å². The first-order chi connectivity index (χ1) is 15.6. The minimum Gasteiger partial charge on any atom is -0.392 e. The Morgan fingerprint density at radius 1 is 1.36 bits per heavy atom. The minimum absolute atomic E-state index is 0.0153. The minimum atomic E-state index is -4.48. The normalized spacial score (nSPS) is 18.6. The molecule has 11 heteroatoms. The molecule has 33 heavy (non-hydrogen) atoms. The topological polar surface area (TPSA) is 79.6 Å². The Kier molecular flexibility index (Phi) is 6.86. The highest BCUT2D eigenvalue weighted by Crippen LogP contribution is 2.50. The van der Waals surface area contributed by atoms with E-state index in [0.717, 1.165) is 16.9 Å². The van der Waals surface area contributed by atoms with E-state index in [1.54, 1.807) is 10.9 Å². The van der Waals surface area contributed by atoms with E-state index in [4.69, 9.17) is 4.74 Å². The monoisotopic (exact) mass is 486 g/mol. The Labute approximate surface area is 194 Å². The zero-order valence-electron chi connectivity index (χ0n) is 18.7. The third kappa shape index (κ3) is 5.11. The van der Waals surface area contributed by atoms with Gasteiger partial charge in [-0.05, 0) is 38.7 Å². The van der Waals surface area contributed by atoms with Crippen molar-refractivity contribution in [1.29, 1.82) is 0 Å². The number of thiophene rings is 1. The Morgan fingerprint density at radius 3 is 2.73 bits per heavy atom. The van der Waals surface area contributed by atoms with Crippen molar-refractivity contribution < 1.29 is 27.8 Å². The van der Waals surface area contributed by atoms with Crippen molar-refractivity contribution in [3.8, 4) is 0 Å². The number of likely N-dealkylation sites (tertiary alicyclic amines) is 1. The van der Waals surface area contributed by atoms with E-state index >= 15 is 0 Å². The summed E-state index contributed by atoms with van der Waals surface area (Å²) in [6.07, 6.45) is 0.689. The van der Waals surface area contributed by atoms with Crippen LogP contribution < -0.4 is 5.32 Å². The van der Waals surface area contributed by atoms with Gasteiger partial charge >= 0.3 is 6.18 Å². The summed E-state index contributed by atoms with van der Waals surface area (Å²) in [5.41, 5.74) is 0.893. The molecule has 0 radical (unpaired) electrons. The fourth-order valence-corrected chi connectivity index (χ4v) is 6.16. The molecule has 1 spiro atoms. The van der Waals surface area contributed by atoms with Gasteiger partial charge in [0, 0.05) is 47.9 Å². The van der Waals surface area contributed by atoms with Crippen LogP contribution in [0.1, 0.15) is 53.1 Å². The summed E-state index contributed by atoms with van der Waals surface area (Å²) in [5.74, 6) is -0.0961. The lowest BCUT2D eigenvalue weighted by atomic mass is 9.84. The molecule has 1 amide bonds. The summed E-state index contributed by atoms with van der Waals surface area (Å²) in [6, 6.07) is 0.0692. The number of ether oxygens (including phenoxy) is 1. The molecule has 2 aliphatic rings. The third-order valence-corrected chi connectivity index (χ3v) is 7.69. The van der Waals surface area contributed by atoms with Gasteiger partial charge in [-0.15, -0.1) is 11.3 Å². The first-order valence-corrected chi connectivity index (χ1v) is 11.9. The number of aliphatic hydroxyl groups excluding tert-OH is 1. The van der Waals surface area contributed by atoms with Gasteiger partial charge in [0.15, 0.2) is 0 Å². The molecule has 1 fully saturated rings. The van der Waals surface area contributed by atoms with Gasteiger partial charge in [0.1, 0.15) is 17.0 Å². The molecule has 0 bridgehead atoms. The molecule has 0 unspecified atom stereocenters. The Morgan fingerprint density at radius 2 is 2.09 bits per heavy atom. The van der Waals surface area contributed by atoms with Crippen LogP contribution in [0.25, 0.3) is 0 Å². The van der Waals surface area contributed by atoms with Crippen LogP contribution in [0, 0.1) is 0 Å². The van der Waals surface area contributed by atoms with Crippen LogP contribution in [-0.2, 0) is 47.4 Å². The summed E-state index contributed by atoms with van der Waals surface area (Å²) in [6.45, 7) is 5.71. The van der Waals surface area contributed by atoms with Crippen molar-refractivity contribution in [2.45, 2.75) is 70.6 Å². The van der Waals surface area contributed by atoms with E-state index in [9.17, 15) is 23.1 Å². The van der Waals surface area contributed by atoms with Crippen molar-refractivity contribution in [3.05, 3.63) is 38.8 Å². The second-order valence-corrected chi connectivity index (χ2v) is 10.0. The Hall–Kier alpha value is -1.95. The van der Waals surface area contributed by atoms with Crippen molar-refractivity contribution in [2.75, 3.05) is 19.7 Å². The molecular weight excluding hydrogens is 457 g/mol. The number of nitrogens with one attached hydrogen (secondary N) is 1. The number of aliphatic hydroxyl groups is 1. The molecule has 4 rings (SSSR count). The van der Waals surface area contributed by atoms with Gasteiger partial charge < -0.3 is 15.2 Å². The number of rotatable bonds is 6. The van der Waals surface area contributed by atoms with E-state index in [1.165, 1.54) is 0 Å². The van der Waals surface area contributed by atoms with Crippen LogP contribution >= 0.6 is 11.3 Å². The fraction of sp³-hybridized carbons (Fsp3) is 0.636. The molecule has 2 aliphatic heterocycles. The number of carbonyl (C=O) groups excluding carboxylic acids is 1. The first-order valence-electron chi connectivity index (χ1n) is 11.1. The Bertz CT molecular complexity index is 994. The lowest BCUT2D eigenvalue weighted by molar-refractivity contribution is -0.135. The summed E-state index contributed by atoms with van der Waals surface area (Å²) in [7, 11) is 0. The molecule has 7 nitrogen and oxygen atoms in total. The summed E-state index contributed by atoms with van der Waals surface area (Å²) in [4.78, 5) is 14.1. The molecule has 0 saturated carbocycles. The van der Waals surface area contributed by atoms with E-state index in [1.807, 2.05) is 20.0 Å². The maximum Gasteiger partial charge on any atom is 0.425 e. The summed E-state index contributed by atoms with van der Waals surface area (Å²) < 4.78 is 48.3. The maximum atomic E-state index is 13.5. The van der Waals surface area contributed by atoms with Gasteiger partial charge in [-0.25, -0.2) is 0 Å². The van der Waals surface area contributed by atoms with E-state index < -0.39 is 23.3 Å². The molecule has 0 atom stereocenters. The number of halogens is 3. The number of alkyl halides is 3. The number of hydrogen-bond acceptors (Lipinski definition) is 6. The number of hydrogen-bond donors (Lipinski definition) is 2. The molecule has 182 valence electrons. The SMILES string of the molecule is CC(C)NC(=O)Cn1cc(CN2CCC3(CC2)OCCc2c3sc(C(F)(F)F)c2CO)cn1. The molecule has 2 aromatic rings. The van der Waals surface area contributed by atoms with Gasteiger partial charge in [0.05, 0.1) is 19.4 Å². The van der Waals surface area contributed by atoms with Crippen LogP contribution in [0.3, 0.4) is 0 Å². The lowest BCUT2D eigenvalue weighted by Crippen LogP contribution is -2.45. The highest BCUT2D eigenvalue weighted by atomic mass is 32.1. The van der Waals surface area contributed by atoms with Crippen LogP contribution in [0.4, 0.5) is 13.2 Å². The third-order valence-electron chi connectivity index (χ3n) is 6.19. The average Bonchev–Trinajstić information content (AvgIpc) is 3.34. The molecule has 2 N–H and O–H groups in total. The van der Waals surface area contributed by atoms with Crippen LogP contribution in [-0.4, -0.2) is 51.4 Å². The number of carbonyl (C=O) groups is 1. The number of nitrogens with zero attached hydrogens (tertiary/aromatic N) is 3. The van der Waals surface area contributed by atoms with Crippen LogP contribution in [0.15, 0.2) is 12.4 Å². The molecule has 2 aromatic heterocycles. The standard InChI is InChI=1S/C22H29F3N4O3S/c1-14(2)27-18(31)12-29-11-15(9-26-29)10-28-6-4-21(5-7-28)19-16(3-8-32-21)17(13-30)20(33-19)22(23,24)25/h9,11,14,30H,3-8,10,12-13H2,1-2H3,(H,27,31). The van der Waals surface area contributed by atoms with Gasteiger partial charge in [-0.2, -0.15) is 18.3 Å². The maximum absolute atomic E-state index is 13.5. The summed E-state index contributed by atoms with van der Waals surface area (Å²) >= 11 is 0.737. The van der Waals surface area contributed by atoms with Gasteiger partial charge in [0.2, 0.25) is 5.91 Å². The highest BCUT2D eigenvalue weighted by Gasteiger charge is 2.47. The van der Waals surface area contributed by atoms with Gasteiger partial charge in [-0.3, -0.25) is 14.4 Å². The number of amides is 1. The van der Waals surface area contributed by atoms with Crippen LogP contribution in [0.5, 0.6) is 0 Å². The predicted octanol–water partition coefficient (Wildman–Crippen LogP) is 3.04. The summed E-state index contributed by atoms with van der Waals surface area (Å²) in [5, 5.41) is 16.7. The smallest absolute Gasteiger partial charge is 0.392 e. The molecule has 1 saturated heterocycles. The predicted molar refractivity (Wildman–Crippen MR) is 117 cm³/mol. The number of aromatic nitrogens is 2. The highest BCUT2D eigenvalue weighted by molar-refractivity contribution is 7.12. The molecule has 4 heterocycles. The quantitative estimate of drug-likeness (QED) is 0.656. The van der Waals surface area contributed by atoms with Crippen molar-refractivity contribution in [2.24, 2.45) is 0 Å². The number of piperidine rings is 1. The number of fused-ring (bicyclic) bond motifs is 2.